The molecule has 1 aliphatic carbocycles. The van der Waals surface area contributed by atoms with E-state index in [0.717, 1.165) is 19.3 Å². The summed E-state index contributed by atoms with van der Waals surface area (Å²) < 4.78 is 0. The van der Waals surface area contributed by atoms with E-state index in [-0.39, 0.29) is 11.6 Å². The van der Waals surface area contributed by atoms with Crippen LogP contribution in [0, 0.1) is 13.8 Å². The minimum absolute atomic E-state index is 0.0162. The highest BCUT2D eigenvalue weighted by atomic mass is 16.3. The minimum atomic E-state index is -0.272. The van der Waals surface area contributed by atoms with Crippen molar-refractivity contribution >= 4 is 0 Å². The zero-order valence-electron chi connectivity index (χ0n) is 12.7. The van der Waals surface area contributed by atoms with Gasteiger partial charge in [0.1, 0.15) is 0 Å². The first-order valence-electron chi connectivity index (χ1n) is 7.37. The van der Waals surface area contributed by atoms with Crippen LogP contribution in [0.4, 0.5) is 0 Å². The second kappa shape index (κ2) is 5.64. The zero-order valence-corrected chi connectivity index (χ0v) is 12.7. The van der Waals surface area contributed by atoms with Crippen LogP contribution in [0.1, 0.15) is 42.4 Å². The Hall–Kier alpha value is -0.860. The van der Waals surface area contributed by atoms with Crippen LogP contribution in [0.3, 0.4) is 0 Å². The highest BCUT2D eigenvalue weighted by Gasteiger charge is 2.42. The first-order chi connectivity index (χ1) is 8.94. The zero-order chi connectivity index (χ0) is 14.0. The van der Waals surface area contributed by atoms with Gasteiger partial charge < -0.3 is 10.0 Å². The van der Waals surface area contributed by atoms with Crippen molar-refractivity contribution < 1.29 is 5.11 Å². The molecule has 1 unspecified atom stereocenters. The molecule has 0 saturated heterocycles. The summed E-state index contributed by atoms with van der Waals surface area (Å²) in [7, 11) is 4.21. The largest absolute Gasteiger partial charge is 0.391 e. The van der Waals surface area contributed by atoms with Crippen LogP contribution >= 0.6 is 0 Å². The Morgan fingerprint density at radius 2 is 1.63 bits per heavy atom. The fourth-order valence-corrected chi connectivity index (χ4v) is 3.67. The van der Waals surface area contributed by atoms with E-state index in [2.05, 4.69) is 51.0 Å². The van der Waals surface area contributed by atoms with E-state index in [4.69, 9.17) is 0 Å². The van der Waals surface area contributed by atoms with Crippen LogP contribution in [0.15, 0.2) is 18.2 Å². The number of hydrogen-bond donors (Lipinski definition) is 1. The summed E-state index contributed by atoms with van der Waals surface area (Å²) in [5, 5.41) is 10.8. The van der Waals surface area contributed by atoms with Gasteiger partial charge in [0, 0.05) is 12.0 Å². The molecule has 0 spiro atoms. The van der Waals surface area contributed by atoms with Gasteiger partial charge in [0.2, 0.25) is 0 Å². The molecule has 0 bridgehead atoms. The number of benzene rings is 1. The maximum atomic E-state index is 10.8. The second-order valence-electron chi connectivity index (χ2n) is 6.42. The summed E-state index contributed by atoms with van der Waals surface area (Å²) in [6.07, 6.45) is 5.20. The third-order valence-electron chi connectivity index (χ3n) is 4.69. The fourth-order valence-electron chi connectivity index (χ4n) is 3.67. The number of aliphatic hydroxyl groups is 1. The molecule has 106 valence electrons. The summed E-state index contributed by atoms with van der Waals surface area (Å²) in [6.45, 7) is 4.25. The first-order valence-corrected chi connectivity index (χ1v) is 7.37. The molecule has 2 rings (SSSR count). The summed E-state index contributed by atoms with van der Waals surface area (Å²) in [6, 6.07) is 6.59. The molecule has 2 nitrogen and oxygen atoms in total. The molecule has 1 N–H and O–H groups in total. The molecule has 0 amide bonds. The Bertz CT molecular complexity index is 413. The van der Waals surface area contributed by atoms with Crippen LogP contribution in [-0.4, -0.2) is 35.7 Å². The van der Waals surface area contributed by atoms with E-state index < -0.39 is 0 Å². The quantitative estimate of drug-likeness (QED) is 0.900. The predicted molar refractivity (Wildman–Crippen MR) is 80.5 cm³/mol. The van der Waals surface area contributed by atoms with Crippen LogP contribution < -0.4 is 0 Å². The number of aliphatic hydroxyl groups excluding tert-OH is 1. The van der Waals surface area contributed by atoms with Gasteiger partial charge in [0.25, 0.3) is 0 Å². The highest BCUT2D eigenvalue weighted by molar-refractivity contribution is 5.29. The van der Waals surface area contributed by atoms with Crippen LogP contribution in [0.25, 0.3) is 0 Å². The average molecular weight is 261 g/mol. The topological polar surface area (TPSA) is 23.5 Å². The van der Waals surface area contributed by atoms with E-state index in [9.17, 15) is 5.11 Å². The molecule has 2 heteroatoms. The Morgan fingerprint density at radius 3 is 2.11 bits per heavy atom. The van der Waals surface area contributed by atoms with Crippen molar-refractivity contribution in [3.05, 3.63) is 34.9 Å². The molecule has 1 aromatic carbocycles. The molecule has 1 aliphatic rings. The second-order valence-corrected chi connectivity index (χ2v) is 6.42. The maximum Gasteiger partial charge on any atom is 0.0763 e. The first kappa shape index (κ1) is 14.5. The number of rotatable bonds is 4. The van der Waals surface area contributed by atoms with Gasteiger partial charge >= 0.3 is 0 Å². The number of nitrogens with zero attached hydrogens (tertiary/aromatic N) is 1. The summed E-state index contributed by atoms with van der Waals surface area (Å²) in [5.74, 6) is 0. The van der Waals surface area contributed by atoms with Gasteiger partial charge in [-0.2, -0.15) is 0 Å². The Balaban J connectivity index is 2.17. The molecule has 1 atom stereocenters. The third-order valence-corrected chi connectivity index (χ3v) is 4.69. The molecular weight excluding hydrogens is 234 g/mol. The molecule has 0 radical (unpaired) electrons. The van der Waals surface area contributed by atoms with Gasteiger partial charge in [-0.1, -0.05) is 42.2 Å². The Kier molecular flexibility index (Phi) is 4.32. The van der Waals surface area contributed by atoms with Gasteiger partial charge in [0.05, 0.1) is 6.10 Å². The molecule has 1 saturated carbocycles. The van der Waals surface area contributed by atoms with Crippen molar-refractivity contribution in [3.8, 4) is 0 Å². The Labute approximate surface area is 117 Å². The molecule has 0 aliphatic heterocycles. The molecule has 0 aromatic heterocycles. The van der Waals surface area contributed by atoms with Crippen molar-refractivity contribution in [2.24, 2.45) is 0 Å². The van der Waals surface area contributed by atoms with Gasteiger partial charge in [-0.25, -0.2) is 0 Å². The molecule has 0 heterocycles. The van der Waals surface area contributed by atoms with Crippen molar-refractivity contribution in [1.29, 1.82) is 0 Å². The van der Waals surface area contributed by atoms with Crippen molar-refractivity contribution in [2.75, 3.05) is 14.1 Å². The van der Waals surface area contributed by atoms with E-state index in [1.165, 1.54) is 29.5 Å². The standard InChI is InChI=1S/C17H27NO/c1-13-9-14(2)11-15(10-13)12-16(19)17(18(3)4)7-5-6-8-17/h9-11,16,19H,5-8,12H2,1-4H3. The van der Waals surface area contributed by atoms with Crippen molar-refractivity contribution in [3.63, 3.8) is 0 Å². The minimum Gasteiger partial charge on any atom is -0.391 e. The molecule has 1 fully saturated rings. The van der Waals surface area contributed by atoms with Gasteiger partial charge in [-0.15, -0.1) is 0 Å². The van der Waals surface area contributed by atoms with Crippen LogP contribution in [0.2, 0.25) is 0 Å². The summed E-state index contributed by atoms with van der Waals surface area (Å²) in [4.78, 5) is 2.24. The summed E-state index contributed by atoms with van der Waals surface area (Å²) >= 11 is 0. The SMILES string of the molecule is Cc1cc(C)cc(CC(O)C2(N(C)C)CCCC2)c1. The lowest BCUT2D eigenvalue weighted by Crippen LogP contribution is -2.52. The third kappa shape index (κ3) is 3.01. The van der Waals surface area contributed by atoms with E-state index in [1.807, 2.05) is 0 Å². The van der Waals surface area contributed by atoms with E-state index in [1.54, 1.807) is 0 Å². The smallest absolute Gasteiger partial charge is 0.0763 e. The maximum absolute atomic E-state index is 10.8. The van der Waals surface area contributed by atoms with Crippen LogP contribution in [-0.2, 0) is 6.42 Å². The lowest BCUT2D eigenvalue weighted by Gasteiger charge is -2.40. The number of hydrogen-bond acceptors (Lipinski definition) is 2. The van der Waals surface area contributed by atoms with Gasteiger partial charge in [-0.05, 0) is 46.3 Å². The lowest BCUT2D eigenvalue weighted by atomic mass is 9.85. The lowest BCUT2D eigenvalue weighted by molar-refractivity contribution is -0.00251. The van der Waals surface area contributed by atoms with Crippen LogP contribution in [0.5, 0.6) is 0 Å². The van der Waals surface area contributed by atoms with Crippen molar-refractivity contribution in [1.82, 2.24) is 4.90 Å². The molecule has 1 aromatic rings. The fraction of sp³-hybridized carbons (Fsp3) is 0.647. The predicted octanol–water partition coefficient (Wildman–Crippen LogP) is 3.08. The normalized spacial score (nSPS) is 19.9. The van der Waals surface area contributed by atoms with E-state index >= 15 is 0 Å². The monoisotopic (exact) mass is 261 g/mol. The molecular formula is C17H27NO. The summed E-state index contributed by atoms with van der Waals surface area (Å²) in [5.41, 5.74) is 3.82. The van der Waals surface area contributed by atoms with E-state index in [0.29, 0.717) is 0 Å². The number of likely N-dealkylation sites (N-methyl/N-ethyl adjacent to an activating group) is 1. The highest BCUT2D eigenvalue weighted by Crippen LogP contribution is 2.37. The van der Waals surface area contributed by atoms with Crippen molar-refractivity contribution in [2.45, 2.75) is 57.6 Å². The van der Waals surface area contributed by atoms with Gasteiger partial charge in [0.15, 0.2) is 0 Å². The average Bonchev–Trinajstić information content (AvgIpc) is 2.77. The molecule has 19 heavy (non-hydrogen) atoms. The Morgan fingerprint density at radius 1 is 1.11 bits per heavy atom. The number of aryl methyl sites for hydroxylation is 2. The van der Waals surface area contributed by atoms with Gasteiger partial charge in [-0.3, -0.25) is 0 Å².